The summed E-state index contributed by atoms with van der Waals surface area (Å²) in [6.45, 7) is 0.840. The fourth-order valence-electron chi connectivity index (χ4n) is 2.40. The fraction of sp³-hybridized carbons (Fsp3) is 0.263. The largest absolute Gasteiger partial charge is 0.497 e. The van der Waals surface area contributed by atoms with Gasteiger partial charge in [-0.2, -0.15) is 0 Å². The molecule has 0 fully saturated rings. The molecule has 0 heterocycles. The summed E-state index contributed by atoms with van der Waals surface area (Å²) < 4.78 is 10.1. The molecule has 0 saturated heterocycles. The third-order valence-corrected chi connectivity index (χ3v) is 3.72. The molecule has 0 radical (unpaired) electrons. The van der Waals surface area contributed by atoms with Gasteiger partial charge in [-0.1, -0.05) is 35.5 Å². The first-order valence-corrected chi connectivity index (χ1v) is 8.22. The quantitative estimate of drug-likeness (QED) is 0.290. The summed E-state index contributed by atoms with van der Waals surface area (Å²) in [5.74, 6) is -0.202. The van der Waals surface area contributed by atoms with Crippen LogP contribution in [0.5, 0.6) is 5.75 Å². The van der Waals surface area contributed by atoms with Crippen LogP contribution in [0.4, 0.5) is 0 Å². The molecule has 0 unspecified atom stereocenters. The average molecular weight is 372 g/mol. The highest BCUT2D eigenvalue weighted by Gasteiger charge is 2.50. The molecule has 2 rings (SSSR count). The molecular weight excluding hydrogens is 352 g/mol. The molecule has 142 valence electrons. The lowest BCUT2D eigenvalue weighted by Gasteiger charge is -2.25. The predicted octanol–water partition coefficient (Wildman–Crippen LogP) is 2.78. The van der Waals surface area contributed by atoms with Crippen LogP contribution in [0.3, 0.4) is 0 Å². The maximum absolute atomic E-state index is 12.6. The Morgan fingerprint density at radius 1 is 1.19 bits per heavy atom. The number of benzene rings is 2. The Bertz CT molecular complexity index is 792. The van der Waals surface area contributed by atoms with E-state index in [1.165, 1.54) is 6.21 Å². The van der Waals surface area contributed by atoms with Crippen molar-refractivity contribution in [2.45, 2.75) is 12.5 Å². The van der Waals surface area contributed by atoms with E-state index in [0.29, 0.717) is 11.3 Å². The van der Waals surface area contributed by atoms with Gasteiger partial charge < -0.3 is 14.3 Å². The van der Waals surface area contributed by atoms with E-state index in [9.17, 15) is 14.9 Å². The summed E-state index contributed by atoms with van der Waals surface area (Å²) in [6, 6.07) is 15.1. The minimum Gasteiger partial charge on any atom is -0.497 e. The van der Waals surface area contributed by atoms with Gasteiger partial charge in [-0.05, 0) is 36.8 Å². The Labute approximate surface area is 156 Å². The lowest BCUT2D eigenvalue weighted by atomic mass is 9.94. The second kappa shape index (κ2) is 9.33. The minimum atomic E-state index is -1.98. The van der Waals surface area contributed by atoms with Gasteiger partial charge in [-0.25, -0.2) is 4.79 Å². The van der Waals surface area contributed by atoms with Gasteiger partial charge in [-0.3, -0.25) is 10.1 Å². The molecule has 1 atom stereocenters. The zero-order chi connectivity index (χ0) is 19.7. The Balaban J connectivity index is 2.36. The number of rotatable bonds is 9. The van der Waals surface area contributed by atoms with Crippen LogP contribution in [0.15, 0.2) is 59.8 Å². The Morgan fingerprint density at radius 2 is 1.85 bits per heavy atom. The molecule has 0 aliphatic rings. The molecule has 0 N–H and O–H groups in total. The Hall–Kier alpha value is -3.42. The maximum Gasteiger partial charge on any atom is 0.365 e. The van der Waals surface area contributed by atoms with Crippen molar-refractivity contribution in [2.75, 3.05) is 20.3 Å². The molecule has 27 heavy (non-hydrogen) atoms. The van der Waals surface area contributed by atoms with Crippen LogP contribution in [0.1, 0.15) is 18.1 Å². The monoisotopic (exact) mass is 372 g/mol. The number of carbonyl (C=O) groups excluding carboxylic acids is 1. The summed E-state index contributed by atoms with van der Waals surface area (Å²) in [5.41, 5.74) is -1.03. The van der Waals surface area contributed by atoms with Crippen molar-refractivity contribution in [3.63, 3.8) is 0 Å². The zero-order valence-corrected chi connectivity index (χ0v) is 15.0. The molecule has 0 saturated carbocycles. The number of oxime groups is 1. The third-order valence-electron chi connectivity index (χ3n) is 3.72. The van der Waals surface area contributed by atoms with Crippen LogP contribution < -0.4 is 4.74 Å². The minimum absolute atomic E-state index is 0.0523. The van der Waals surface area contributed by atoms with E-state index in [4.69, 9.17) is 14.3 Å². The maximum atomic E-state index is 12.6. The van der Waals surface area contributed by atoms with E-state index in [-0.39, 0.29) is 12.2 Å². The zero-order valence-electron chi connectivity index (χ0n) is 15.0. The van der Waals surface area contributed by atoms with Crippen molar-refractivity contribution >= 4 is 12.2 Å². The van der Waals surface area contributed by atoms with Crippen LogP contribution in [0.25, 0.3) is 0 Å². The summed E-state index contributed by atoms with van der Waals surface area (Å²) in [6.07, 6.45) is 1.36. The summed E-state index contributed by atoms with van der Waals surface area (Å²) in [7, 11) is 1.55. The number of methoxy groups -OCH3 is 1. The molecule has 0 aromatic heterocycles. The Morgan fingerprint density at radius 3 is 2.41 bits per heavy atom. The van der Waals surface area contributed by atoms with Crippen molar-refractivity contribution in [1.82, 2.24) is 0 Å². The third kappa shape index (κ3) is 5.04. The molecule has 8 nitrogen and oxygen atoms in total. The highest BCUT2D eigenvalue weighted by molar-refractivity contribution is 5.82. The summed E-state index contributed by atoms with van der Waals surface area (Å²) in [5, 5.41) is 15.1. The summed E-state index contributed by atoms with van der Waals surface area (Å²) in [4.78, 5) is 28.6. The molecule has 0 amide bonds. The smallest absolute Gasteiger partial charge is 0.365 e. The highest BCUT2D eigenvalue weighted by atomic mass is 16.7. The lowest BCUT2D eigenvalue weighted by Crippen LogP contribution is -2.45. The van der Waals surface area contributed by atoms with Gasteiger partial charge in [0.25, 0.3) is 6.54 Å². The molecular formula is C19H20N2O6. The van der Waals surface area contributed by atoms with Gasteiger partial charge in [0.05, 0.1) is 19.9 Å². The summed E-state index contributed by atoms with van der Waals surface area (Å²) >= 11 is 0. The molecule has 0 spiro atoms. The van der Waals surface area contributed by atoms with Crippen LogP contribution in [-0.4, -0.2) is 37.4 Å². The van der Waals surface area contributed by atoms with Gasteiger partial charge in [0.1, 0.15) is 5.75 Å². The highest BCUT2D eigenvalue weighted by Crippen LogP contribution is 2.28. The molecule has 2 aromatic rings. The van der Waals surface area contributed by atoms with Gasteiger partial charge in [-0.15, -0.1) is 0 Å². The number of nitro groups is 1. The number of hydrogen-bond donors (Lipinski definition) is 0. The predicted molar refractivity (Wildman–Crippen MR) is 98.3 cm³/mol. The van der Waals surface area contributed by atoms with E-state index in [1.54, 1.807) is 68.6 Å². The second-order valence-electron chi connectivity index (χ2n) is 5.50. The molecule has 0 aliphatic carbocycles. The van der Waals surface area contributed by atoms with Gasteiger partial charge in [0.15, 0.2) is 0 Å². The van der Waals surface area contributed by atoms with Crippen LogP contribution in [-0.2, 0) is 20.0 Å². The van der Waals surface area contributed by atoms with Crippen LogP contribution in [0.2, 0.25) is 0 Å². The standard InChI is InChI=1S/C19H20N2O6/c1-3-26-18(22)19(14-21(23)24,16-7-5-4-6-8-16)27-20-13-15-9-11-17(25-2)12-10-15/h4-13H,3,14H2,1-2H3/b20-13-/t19-/m1/s1. The SMILES string of the molecule is CCOC(=O)[C@](C[N+](=O)[O-])(O/N=C\c1ccc(OC)cc1)c1ccccc1. The second-order valence-corrected chi connectivity index (χ2v) is 5.50. The average Bonchev–Trinajstić information content (AvgIpc) is 2.68. The van der Waals surface area contributed by atoms with Crippen molar-refractivity contribution < 1.29 is 24.0 Å². The first-order chi connectivity index (χ1) is 13.0. The number of nitrogens with zero attached hydrogens (tertiary/aromatic N) is 2. The van der Waals surface area contributed by atoms with Crippen molar-refractivity contribution in [3.05, 3.63) is 75.8 Å². The molecule has 2 aromatic carbocycles. The van der Waals surface area contributed by atoms with Crippen molar-refractivity contribution in [3.8, 4) is 5.75 Å². The first-order valence-electron chi connectivity index (χ1n) is 8.22. The van der Waals surface area contributed by atoms with Gasteiger partial charge >= 0.3 is 11.6 Å². The van der Waals surface area contributed by atoms with Gasteiger partial charge in [0.2, 0.25) is 0 Å². The van der Waals surface area contributed by atoms with E-state index in [0.717, 1.165) is 0 Å². The van der Waals surface area contributed by atoms with E-state index in [1.807, 2.05) is 0 Å². The Kier molecular flexibility index (Phi) is 6.87. The molecule has 0 bridgehead atoms. The van der Waals surface area contributed by atoms with Crippen molar-refractivity contribution in [1.29, 1.82) is 0 Å². The van der Waals surface area contributed by atoms with E-state index >= 15 is 0 Å². The first kappa shape index (κ1) is 19.9. The van der Waals surface area contributed by atoms with E-state index in [2.05, 4.69) is 5.16 Å². The number of esters is 1. The molecule has 0 aliphatic heterocycles. The lowest BCUT2D eigenvalue weighted by molar-refractivity contribution is -0.501. The fourth-order valence-corrected chi connectivity index (χ4v) is 2.40. The van der Waals surface area contributed by atoms with Gasteiger partial charge in [0, 0.05) is 10.5 Å². The number of ether oxygens (including phenoxy) is 2. The topological polar surface area (TPSA) is 100 Å². The van der Waals surface area contributed by atoms with Crippen LogP contribution >= 0.6 is 0 Å². The normalized spacial score (nSPS) is 13.0. The number of hydrogen-bond acceptors (Lipinski definition) is 7. The number of carbonyl (C=O) groups is 1. The van der Waals surface area contributed by atoms with E-state index < -0.39 is 23.0 Å². The molecule has 8 heteroatoms. The van der Waals surface area contributed by atoms with Crippen molar-refractivity contribution in [2.24, 2.45) is 5.16 Å². The van der Waals surface area contributed by atoms with Crippen LogP contribution in [0, 0.1) is 10.1 Å².